The lowest BCUT2D eigenvalue weighted by Crippen LogP contribution is -2.11. The summed E-state index contributed by atoms with van der Waals surface area (Å²) in [5.74, 6) is 0.861. The van der Waals surface area contributed by atoms with Gasteiger partial charge >= 0.3 is 0 Å². The van der Waals surface area contributed by atoms with Crippen molar-refractivity contribution in [3.8, 4) is 11.6 Å². The third kappa shape index (κ3) is 4.09. The molecule has 0 atom stereocenters. The van der Waals surface area contributed by atoms with Gasteiger partial charge in [-0.05, 0) is 36.4 Å². The molecule has 2 aromatic rings. The van der Waals surface area contributed by atoms with Crippen LogP contribution in [0.4, 0.5) is 0 Å². The molecule has 0 aliphatic carbocycles. The summed E-state index contributed by atoms with van der Waals surface area (Å²) in [5, 5.41) is 4.16. The standard InChI is InChI=1S/C14H13BrCl2N2O/c1-2-18-7-9-5-12(17)14(19-8-9)20-13-4-3-10(15)6-11(13)16/h3-6,8,18H,2,7H2,1H3. The molecule has 0 saturated carbocycles. The van der Waals surface area contributed by atoms with Crippen molar-refractivity contribution in [2.75, 3.05) is 6.54 Å². The number of nitrogens with zero attached hydrogens (tertiary/aromatic N) is 1. The van der Waals surface area contributed by atoms with Gasteiger partial charge in [0.05, 0.1) is 5.02 Å². The molecule has 0 saturated heterocycles. The number of benzene rings is 1. The van der Waals surface area contributed by atoms with Gasteiger partial charge in [-0.2, -0.15) is 0 Å². The lowest BCUT2D eigenvalue weighted by molar-refractivity contribution is 0.462. The predicted molar refractivity (Wildman–Crippen MR) is 85.9 cm³/mol. The number of pyridine rings is 1. The van der Waals surface area contributed by atoms with Gasteiger partial charge in [0.15, 0.2) is 0 Å². The highest BCUT2D eigenvalue weighted by atomic mass is 79.9. The monoisotopic (exact) mass is 374 g/mol. The Morgan fingerprint density at radius 1 is 1.25 bits per heavy atom. The topological polar surface area (TPSA) is 34.2 Å². The molecule has 0 aliphatic rings. The Labute approximate surface area is 136 Å². The molecule has 1 aromatic carbocycles. The number of rotatable bonds is 5. The van der Waals surface area contributed by atoms with E-state index in [2.05, 4.69) is 26.2 Å². The maximum absolute atomic E-state index is 6.17. The van der Waals surface area contributed by atoms with Crippen molar-refractivity contribution < 1.29 is 4.74 Å². The average Bonchev–Trinajstić information content (AvgIpc) is 2.42. The minimum Gasteiger partial charge on any atom is -0.436 e. The van der Waals surface area contributed by atoms with E-state index in [1.807, 2.05) is 19.1 Å². The van der Waals surface area contributed by atoms with E-state index < -0.39 is 0 Å². The van der Waals surface area contributed by atoms with E-state index in [0.29, 0.717) is 21.7 Å². The minimum absolute atomic E-state index is 0.344. The Hall–Kier alpha value is -0.810. The molecule has 0 aliphatic heterocycles. The Morgan fingerprint density at radius 2 is 2.05 bits per heavy atom. The Morgan fingerprint density at radius 3 is 2.70 bits per heavy atom. The van der Waals surface area contributed by atoms with Crippen LogP contribution in [0.3, 0.4) is 0 Å². The van der Waals surface area contributed by atoms with Gasteiger partial charge in [0, 0.05) is 17.2 Å². The molecule has 0 fully saturated rings. The quantitative estimate of drug-likeness (QED) is 0.793. The largest absolute Gasteiger partial charge is 0.436 e. The number of halogens is 3. The lowest BCUT2D eigenvalue weighted by atomic mass is 10.3. The summed E-state index contributed by atoms with van der Waals surface area (Å²) < 4.78 is 6.52. The van der Waals surface area contributed by atoms with Crippen LogP contribution in [0.25, 0.3) is 0 Å². The van der Waals surface area contributed by atoms with Crippen LogP contribution in [0.15, 0.2) is 34.9 Å². The van der Waals surface area contributed by atoms with E-state index in [1.54, 1.807) is 18.3 Å². The summed E-state index contributed by atoms with van der Waals surface area (Å²) in [5.41, 5.74) is 1.01. The number of nitrogens with one attached hydrogen (secondary N) is 1. The summed E-state index contributed by atoms with van der Waals surface area (Å²) in [6, 6.07) is 7.19. The fourth-order valence-corrected chi connectivity index (χ4v) is 2.51. The molecule has 0 radical (unpaired) electrons. The van der Waals surface area contributed by atoms with Gasteiger partial charge < -0.3 is 10.1 Å². The molecule has 0 amide bonds. The fourth-order valence-electron chi connectivity index (χ4n) is 1.57. The summed E-state index contributed by atoms with van der Waals surface area (Å²) in [6.07, 6.45) is 1.73. The van der Waals surface area contributed by atoms with Crippen molar-refractivity contribution in [3.63, 3.8) is 0 Å². The summed E-state index contributed by atoms with van der Waals surface area (Å²) in [4.78, 5) is 4.23. The van der Waals surface area contributed by atoms with Crippen LogP contribution in [0.5, 0.6) is 11.6 Å². The zero-order valence-corrected chi connectivity index (χ0v) is 13.9. The Balaban J connectivity index is 2.17. The first kappa shape index (κ1) is 15.6. The van der Waals surface area contributed by atoms with E-state index >= 15 is 0 Å². The molecule has 0 unspecified atom stereocenters. The van der Waals surface area contributed by atoms with Gasteiger partial charge in [0.25, 0.3) is 0 Å². The first-order valence-electron chi connectivity index (χ1n) is 6.08. The molecule has 0 spiro atoms. The second-order valence-corrected chi connectivity index (χ2v) is 5.82. The van der Waals surface area contributed by atoms with Gasteiger partial charge in [-0.25, -0.2) is 4.98 Å². The van der Waals surface area contributed by atoms with E-state index in [1.165, 1.54) is 0 Å². The van der Waals surface area contributed by atoms with Crippen molar-refractivity contribution in [3.05, 3.63) is 50.5 Å². The maximum Gasteiger partial charge on any atom is 0.238 e. The van der Waals surface area contributed by atoms with Gasteiger partial charge in [-0.1, -0.05) is 46.1 Å². The fraction of sp³-hybridized carbons (Fsp3) is 0.214. The van der Waals surface area contributed by atoms with Crippen LogP contribution in [0.1, 0.15) is 12.5 Å². The van der Waals surface area contributed by atoms with Crippen LogP contribution in [-0.4, -0.2) is 11.5 Å². The molecule has 3 nitrogen and oxygen atoms in total. The van der Waals surface area contributed by atoms with Gasteiger partial charge in [-0.15, -0.1) is 0 Å². The molecule has 1 heterocycles. The highest BCUT2D eigenvalue weighted by Gasteiger charge is 2.09. The second-order valence-electron chi connectivity index (χ2n) is 4.09. The van der Waals surface area contributed by atoms with E-state index in [-0.39, 0.29) is 0 Å². The first-order chi connectivity index (χ1) is 9.60. The average molecular weight is 376 g/mol. The van der Waals surface area contributed by atoms with Crippen LogP contribution in [0, 0.1) is 0 Å². The SMILES string of the molecule is CCNCc1cnc(Oc2ccc(Br)cc2Cl)c(Cl)c1. The predicted octanol–water partition coefficient (Wildman–Crippen LogP) is 5.05. The number of aromatic nitrogens is 1. The van der Waals surface area contributed by atoms with Gasteiger partial charge in [0.2, 0.25) is 5.88 Å². The maximum atomic E-state index is 6.17. The van der Waals surface area contributed by atoms with Crippen LogP contribution in [-0.2, 0) is 6.54 Å². The molecular weight excluding hydrogens is 363 g/mol. The Kier molecular flexibility index (Phi) is 5.66. The molecule has 1 aromatic heterocycles. The highest BCUT2D eigenvalue weighted by Crippen LogP contribution is 2.33. The van der Waals surface area contributed by atoms with E-state index in [9.17, 15) is 0 Å². The molecule has 0 bridgehead atoms. The van der Waals surface area contributed by atoms with Crippen molar-refractivity contribution in [1.82, 2.24) is 10.3 Å². The molecule has 20 heavy (non-hydrogen) atoms. The third-order valence-corrected chi connectivity index (χ3v) is 3.60. The zero-order chi connectivity index (χ0) is 14.5. The van der Waals surface area contributed by atoms with Crippen molar-refractivity contribution in [2.24, 2.45) is 0 Å². The summed E-state index contributed by atoms with van der Waals surface area (Å²) in [7, 11) is 0. The van der Waals surface area contributed by atoms with E-state index in [0.717, 1.165) is 23.1 Å². The van der Waals surface area contributed by atoms with Crippen molar-refractivity contribution >= 4 is 39.1 Å². The smallest absolute Gasteiger partial charge is 0.238 e. The first-order valence-corrected chi connectivity index (χ1v) is 7.63. The second kappa shape index (κ2) is 7.27. The molecule has 106 valence electrons. The van der Waals surface area contributed by atoms with Gasteiger partial charge in [0.1, 0.15) is 10.8 Å². The number of hydrogen-bond acceptors (Lipinski definition) is 3. The Bertz CT molecular complexity index is 608. The highest BCUT2D eigenvalue weighted by molar-refractivity contribution is 9.10. The zero-order valence-electron chi connectivity index (χ0n) is 10.8. The molecular formula is C14H13BrCl2N2O. The van der Waals surface area contributed by atoms with Crippen LogP contribution in [0.2, 0.25) is 10.0 Å². The molecule has 6 heteroatoms. The van der Waals surface area contributed by atoms with Crippen LogP contribution < -0.4 is 10.1 Å². The number of ether oxygens (including phenoxy) is 1. The van der Waals surface area contributed by atoms with Crippen molar-refractivity contribution in [1.29, 1.82) is 0 Å². The number of hydrogen-bond donors (Lipinski definition) is 1. The molecule has 2 rings (SSSR count). The van der Waals surface area contributed by atoms with E-state index in [4.69, 9.17) is 27.9 Å². The summed E-state index contributed by atoms with van der Waals surface area (Å²) in [6.45, 7) is 3.66. The molecule has 1 N–H and O–H groups in total. The van der Waals surface area contributed by atoms with Crippen LogP contribution >= 0.6 is 39.1 Å². The minimum atomic E-state index is 0.344. The lowest BCUT2D eigenvalue weighted by Gasteiger charge is -2.09. The summed E-state index contributed by atoms with van der Waals surface area (Å²) >= 11 is 15.6. The third-order valence-electron chi connectivity index (χ3n) is 2.54. The van der Waals surface area contributed by atoms with Crippen molar-refractivity contribution in [2.45, 2.75) is 13.5 Å². The normalized spacial score (nSPS) is 10.6. The van der Waals surface area contributed by atoms with Gasteiger partial charge in [-0.3, -0.25) is 0 Å².